The Balaban J connectivity index is 1.44. The Morgan fingerprint density at radius 3 is 2.45 bits per heavy atom. The normalized spacial score (nSPS) is 19.8. The van der Waals surface area contributed by atoms with E-state index >= 15 is 0 Å². The number of anilines is 1. The number of carbonyl (C=O) groups excluding carboxylic acids is 1. The number of aliphatic hydroxyl groups is 1. The molecule has 2 aliphatic rings. The van der Waals surface area contributed by atoms with E-state index in [4.69, 9.17) is 19.6 Å². The van der Waals surface area contributed by atoms with Crippen molar-refractivity contribution in [1.82, 2.24) is 0 Å². The lowest BCUT2D eigenvalue weighted by Crippen LogP contribution is -2.55. The molecule has 1 N–H and O–H groups in total. The van der Waals surface area contributed by atoms with Gasteiger partial charge >= 0.3 is 0 Å². The maximum atomic E-state index is 14.7. The summed E-state index contributed by atoms with van der Waals surface area (Å²) >= 11 is 3.70. The third kappa shape index (κ3) is 4.91. The quantitative estimate of drug-likeness (QED) is 0.244. The molecule has 0 radical (unpaired) electrons. The summed E-state index contributed by atoms with van der Waals surface area (Å²) < 4.78 is 13.2. The number of hydrogen-bond donors (Lipinski definition) is 1. The number of nitrogens with zero attached hydrogens (tertiary/aromatic N) is 2. The second kappa shape index (κ2) is 11.3. The molecule has 0 unspecified atom stereocenters. The van der Waals surface area contributed by atoms with Crippen molar-refractivity contribution in [2.45, 2.75) is 31.0 Å². The van der Waals surface area contributed by atoms with Crippen LogP contribution in [0.3, 0.4) is 0 Å². The summed E-state index contributed by atoms with van der Waals surface area (Å²) in [5.41, 5.74) is 3.46. The Labute approximate surface area is 242 Å². The van der Waals surface area contributed by atoms with Gasteiger partial charge in [0.05, 0.1) is 13.2 Å². The van der Waals surface area contributed by atoms with Crippen LogP contribution in [0.25, 0.3) is 0 Å². The van der Waals surface area contributed by atoms with Gasteiger partial charge in [-0.05, 0) is 47.5 Å². The largest absolute Gasteiger partial charge is 0.494 e. The van der Waals surface area contributed by atoms with E-state index in [1.54, 1.807) is 0 Å². The van der Waals surface area contributed by atoms with E-state index in [1.807, 2.05) is 102 Å². The molecule has 0 bridgehead atoms. The lowest BCUT2D eigenvalue weighted by atomic mass is 9.78. The fourth-order valence-electron chi connectivity index (χ4n) is 5.41. The number of amides is 1. The maximum absolute atomic E-state index is 14.7. The van der Waals surface area contributed by atoms with Gasteiger partial charge in [0, 0.05) is 40.7 Å². The van der Waals surface area contributed by atoms with Crippen LogP contribution in [0.4, 0.5) is 5.69 Å². The summed E-state index contributed by atoms with van der Waals surface area (Å²) in [6.45, 7) is 0.956. The minimum Gasteiger partial charge on any atom is -0.494 e. The topological polar surface area (TPSA) is 71.4 Å². The molecule has 0 fully saturated rings. The summed E-state index contributed by atoms with van der Waals surface area (Å²) in [4.78, 5) is 21.7. The van der Waals surface area contributed by atoms with Gasteiger partial charge in [-0.15, -0.1) is 0 Å². The number of ether oxygens (including phenoxy) is 2. The summed E-state index contributed by atoms with van der Waals surface area (Å²) in [7, 11) is 0. The molecular formula is C33H29BrN2O4. The van der Waals surface area contributed by atoms with Crippen LogP contribution in [0.1, 0.15) is 34.8 Å². The third-order valence-corrected chi connectivity index (χ3v) is 8.09. The first-order valence-electron chi connectivity index (χ1n) is 13.4. The highest BCUT2D eigenvalue weighted by Crippen LogP contribution is 2.49. The van der Waals surface area contributed by atoms with Crippen molar-refractivity contribution in [3.63, 3.8) is 0 Å². The van der Waals surface area contributed by atoms with Crippen molar-refractivity contribution in [1.29, 1.82) is 0 Å². The Morgan fingerprint density at radius 1 is 0.950 bits per heavy atom. The standard InChI is InChI=1S/C33H29BrN2O4/c34-28-13-6-5-12-27(28)30-33(35-31(40-30)24-15-17-26(18-16-24)39-20-8-19-37)21-25-11-4-7-14-29(25)36(32(33)38)22-23-9-2-1-3-10-23/h1-7,9-18,30,37H,8,19-22H2/t30-,33-/m1/s1. The molecular weight excluding hydrogens is 568 g/mol. The molecule has 0 aromatic heterocycles. The van der Waals surface area contributed by atoms with Crippen LogP contribution >= 0.6 is 15.9 Å². The molecule has 0 saturated heterocycles. The molecule has 2 aliphatic heterocycles. The van der Waals surface area contributed by atoms with Crippen molar-refractivity contribution in [3.05, 3.63) is 130 Å². The van der Waals surface area contributed by atoms with Gasteiger partial charge in [0.1, 0.15) is 5.75 Å². The van der Waals surface area contributed by atoms with Gasteiger partial charge in [-0.25, -0.2) is 4.99 Å². The SMILES string of the molecule is O=C1N(Cc2ccccc2)c2ccccc2C[C@]12N=C(c1ccc(OCCCO)cc1)O[C@@H]2c1ccccc1Br. The molecule has 4 aromatic rings. The molecule has 2 heterocycles. The Bertz CT molecular complexity index is 1540. The van der Waals surface area contributed by atoms with E-state index in [9.17, 15) is 4.79 Å². The summed E-state index contributed by atoms with van der Waals surface area (Å²) in [5.74, 6) is 1.04. The zero-order valence-electron chi connectivity index (χ0n) is 21.9. The molecule has 7 heteroatoms. The molecule has 6 nitrogen and oxygen atoms in total. The summed E-state index contributed by atoms with van der Waals surface area (Å²) in [6, 6.07) is 33.4. The van der Waals surface area contributed by atoms with Gasteiger partial charge in [-0.2, -0.15) is 0 Å². The molecule has 2 atom stereocenters. The van der Waals surface area contributed by atoms with E-state index in [0.717, 1.165) is 32.4 Å². The van der Waals surface area contributed by atoms with Gasteiger partial charge in [0.15, 0.2) is 11.6 Å². The van der Waals surface area contributed by atoms with E-state index in [0.29, 0.717) is 37.6 Å². The lowest BCUT2D eigenvalue weighted by molar-refractivity contribution is -0.127. The van der Waals surface area contributed by atoms with E-state index in [2.05, 4.69) is 22.0 Å². The van der Waals surface area contributed by atoms with Crippen LogP contribution in [-0.4, -0.2) is 35.7 Å². The van der Waals surface area contributed by atoms with Crippen molar-refractivity contribution < 1.29 is 19.4 Å². The Hall–Kier alpha value is -3.94. The number of aliphatic hydroxyl groups excluding tert-OH is 1. The van der Waals surface area contributed by atoms with Crippen molar-refractivity contribution in [3.8, 4) is 5.75 Å². The van der Waals surface area contributed by atoms with Crippen LogP contribution in [0, 0.1) is 0 Å². The van der Waals surface area contributed by atoms with Crippen LogP contribution in [0.5, 0.6) is 5.75 Å². The van der Waals surface area contributed by atoms with Gasteiger partial charge in [-0.3, -0.25) is 4.79 Å². The predicted octanol–water partition coefficient (Wildman–Crippen LogP) is 6.26. The Morgan fingerprint density at radius 2 is 1.68 bits per heavy atom. The molecule has 1 amide bonds. The average Bonchev–Trinajstić information content (AvgIpc) is 3.36. The number of fused-ring (bicyclic) bond motifs is 1. The molecule has 6 rings (SSSR count). The fourth-order valence-corrected chi connectivity index (χ4v) is 5.91. The summed E-state index contributed by atoms with van der Waals surface area (Å²) in [6.07, 6.45) is 0.361. The zero-order chi connectivity index (χ0) is 27.5. The van der Waals surface area contributed by atoms with Crippen LogP contribution in [0.15, 0.2) is 113 Å². The zero-order valence-corrected chi connectivity index (χ0v) is 23.5. The molecule has 0 saturated carbocycles. The van der Waals surface area contributed by atoms with E-state index < -0.39 is 11.6 Å². The number of para-hydroxylation sites is 1. The average molecular weight is 598 g/mol. The smallest absolute Gasteiger partial charge is 0.259 e. The van der Waals surface area contributed by atoms with E-state index in [1.165, 1.54) is 0 Å². The van der Waals surface area contributed by atoms with Crippen molar-refractivity contribution in [2.24, 2.45) is 4.99 Å². The number of halogens is 1. The van der Waals surface area contributed by atoms with Crippen molar-refractivity contribution in [2.75, 3.05) is 18.1 Å². The summed E-state index contributed by atoms with van der Waals surface area (Å²) in [5, 5.41) is 9.03. The molecule has 202 valence electrons. The van der Waals surface area contributed by atoms with Crippen LogP contribution < -0.4 is 9.64 Å². The van der Waals surface area contributed by atoms with Gasteiger partial charge in [-0.1, -0.05) is 82.7 Å². The van der Waals surface area contributed by atoms with Gasteiger partial charge in [0.2, 0.25) is 5.90 Å². The molecule has 4 aromatic carbocycles. The minimum atomic E-state index is -1.18. The third-order valence-electron chi connectivity index (χ3n) is 7.37. The predicted molar refractivity (Wildman–Crippen MR) is 159 cm³/mol. The number of benzene rings is 4. The second-order valence-electron chi connectivity index (χ2n) is 9.99. The molecule has 40 heavy (non-hydrogen) atoms. The first-order chi connectivity index (χ1) is 19.6. The lowest BCUT2D eigenvalue weighted by Gasteiger charge is -2.41. The highest BCUT2D eigenvalue weighted by atomic mass is 79.9. The van der Waals surface area contributed by atoms with Gasteiger partial charge in [0.25, 0.3) is 5.91 Å². The fraction of sp³-hybridized carbons (Fsp3) is 0.212. The highest BCUT2D eigenvalue weighted by Gasteiger charge is 2.57. The highest BCUT2D eigenvalue weighted by molar-refractivity contribution is 9.10. The number of hydrogen-bond acceptors (Lipinski definition) is 5. The Kier molecular flexibility index (Phi) is 7.41. The number of rotatable bonds is 8. The van der Waals surface area contributed by atoms with Crippen molar-refractivity contribution >= 4 is 33.4 Å². The monoisotopic (exact) mass is 596 g/mol. The first kappa shape index (κ1) is 26.3. The minimum absolute atomic E-state index is 0.0830. The van der Waals surface area contributed by atoms with E-state index in [-0.39, 0.29) is 12.5 Å². The maximum Gasteiger partial charge on any atom is 0.259 e. The van der Waals surface area contributed by atoms with Gasteiger partial charge < -0.3 is 19.5 Å². The molecule has 1 spiro atoms. The first-order valence-corrected chi connectivity index (χ1v) is 14.2. The number of carbonyl (C=O) groups is 1. The van der Waals surface area contributed by atoms with Crippen LogP contribution in [-0.2, 0) is 22.5 Å². The second-order valence-corrected chi connectivity index (χ2v) is 10.8. The molecule has 0 aliphatic carbocycles. The number of aliphatic imine (C=N–C) groups is 1. The van der Waals surface area contributed by atoms with Crippen LogP contribution in [0.2, 0.25) is 0 Å².